The average Bonchev–Trinajstić information content (AvgIpc) is 2.94. The molecule has 1 aromatic rings. The van der Waals surface area contributed by atoms with Crippen LogP contribution in [0.1, 0.15) is 30.3 Å². The number of carboxylic acids is 1. The number of aromatic nitrogens is 1. The number of nitrogens with one attached hydrogen (secondary N) is 1. The fourth-order valence-corrected chi connectivity index (χ4v) is 3.98. The summed E-state index contributed by atoms with van der Waals surface area (Å²) in [4.78, 5) is 27.9. The lowest BCUT2D eigenvalue weighted by atomic mass is 10.2. The number of carbonyl (C=O) groups excluding carboxylic acids is 1. The van der Waals surface area contributed by atoms with Crippen LogP contribution in [0.4, 0.5) is 0 Å². The zero-order valence-corrected chi connectivity index (χ0v) is 13.1. The topological polar surface area (TPSA) is 73.4 Å². The van der Waals surface area contributed by atoms with Crippen molar-refractivity contribution in [3.05, 3.63) is 21.9 Å². The molecule has 0 bridgehead atoms. The van der Waals surface area contributed by atoms with E-state index in [4.69, 9.17) is 23.2 Å². The maximum absolute atomic E-state index is 12.5. The number of amides is 1. The van der Waals surface area contributed by atoms with Gasteiger partial charge in [0.15, 0.2) is 0 Å². The Morgan fingerprint density at radius 3 is 2.75 bits per heavy atom. The van der Waals surface area contributed by atoms with Crippen LogP contribution in [0.5, 0.6) is 0 Å². The molecule has 1 saturated heterocycles. The Balaban J connectivity index is 2.29. The van der Waals surface area contributed by atoms with Crippen LogP contribution in [0.2, 0.25) is 10.2 Å². The maximum atomic E-state index is 12.5. The Morgan fingerprint density at radius 2 is 2.25 bits per heavy atom. The smallest absolute Gasteiger partial charge is 0.327 e. The van der Waals surface area contributed by atoms with E-state index in [1.165, 1.54) is 22.7 Å². The lowest BCUT2D eigenvalue weighted by molar-refractivity contribution is -0.141. The Bertz CT molecular complexity index is 515. The molecule has 1 fully saturated rings. The summed E-state index contributed by atoms with van der Waals surface area (Å²) in [6, 6.07) is 0.613. The highest BCUT2D eigenvalue weighted by atomic mass is 35.5. The van der Waals surface area contributed by atoms with Crippen LogP contribution in [0.15, 0.2) is 6.07 Å². The second-order valence-corrected chi connectivity index (χ2v) is 6.48. The standard InChI is InChI=1S/C12H14Cl2N2O3S/c1-2-3-9-16(8(5-20-9)12(18)19)11(17)7-4-6(13)10(14)15-7/h4,8-9,15H,2-3,5H2,1H3,(H,18,19). The van der Waals surface area contributed by atoms with Crippen molar-refractivity contribution in [2.75, 3.05) is 5.75 Å². The highest BCUT2D eigenvalue weighted by molar-refractivity contribution is 8.00. The van der Waals surface area contributed by atoms with Crippen molar-refractivity contribution in [2.24, 2.45) is 0 Å². The van der Waals surface area contributed by atoms with Gasteiger partial charge in [0.25, 0.3) is 5.91 Å². The molecule has 2 rings (SSSR count). The molecule has 20 heavy (non-hydrogen) atoms. The first kappa shape index (κ1) is 15.5. The first-order valence-corrected chi connectivity index (χ1v) is 7.97. The summed E-state index contributed by atoms with van der Waals surface area (Å²) in [5.74, 6) is -0.976. The van der Waals surface area contributed by atoms with Crippen LogP contribution in [0, 0.1) is 0 Å². The summed E-state index contributed by atoms with van der Waals surface area (Å²) in [6.07, 6.45) is 1.63. The maximum Gasteiger partial charge on any atom is 0.327 e. The molecule has 2 N–H and O–H groups in total. The monoisotopic (exact) mass is 336 g/mol. The van der Waals surface area contributed by atoms with E-state index in [0.717, 1.165) is 12.8 Å². The molecule has 0 spiro atoms. The van der Waals surface area contributed by atoms with Gasteiger partial charge >= 0.3 is 5.97 Å². The van der Waals surface area contributed by atoms with Gasteiger partial charge in [0.05, 0.1) is 10.4 Å². The normalized spacial score (nSPS) is 22.2. The predicted molar refractivity (Wildman–Crippen MR) is 79.6 cm³/mol. The average molecular weight is 337 g/mol. The summed E-state index contributed by atoms with van der Waals surface area (Å²) >= 11 is 13.1. The number of aliphatic carboxylic acids is 1. The van der Waals surface area contributed by atoms with Crippen molar-refractivity contribution >= 4 is 46.8 Å². The summed E-state index contributed by atoms with van der Waals surface area (Å²) in [6.45, 7) is 2.00. The molecule has 2 heterocycles. The number of thioether (sulfide) groups is 1. The van der Waals surface area contributed by atoms with Gasteiger partial charge in [-0.05, 0) is 12.5 Å². The van der Waals surface area contributed by atoms with Gasteiger partial charge in [0.2, 0.25) is 0 Å². The molecule has 0 aliphatic carbocycles. The van der Waals surface area contributed by atoms with Crippen molar-refractivity contribution in [3.63, 3.8) is 0 Å². The summed E-state index contributed by atoms with van der Waals surface area (Å²) in [7, 11) is 0. The fraction of sp³-hybridized carbons (Fsp3) is 0.500. The van der Waals surface area contributed by atoms with Crippen molar-refractivity contribution in [1.29, 1.82) is 0 Å². The van der Waals surface area contributed by atoms with E-state index in [-0.39, 0.29) is 27.2 Å². The van der Waals surface area contributed by atoms with Crippen LogP contribution in [-0.4, -0.2) is 44.0 Å². The molecule has 1 amide bonds. The number of halogens is 2. The molecule has 1 aromatic heterocycles. The van der Waals surface area contributed by atoms with Crippen LogP contribution in [0.3, 0.4) is 0 Å². The van der Waals surface area contributed by atoms with Gasteiger partial charge in [-0.2, -0.15) is 0 Å². The number of aromatic amines is 1. The van der Waals surface area contributed by atoms with Crippen LogP contribution < -0.4 is 0 Å². The highest BCUT2D eigenvalue weighted by Crippen LogP contribution is 2.34. The first-order chi connectivity index (χ1) is 9.45. The second kappa shape index (κ2) is 6.28. The molecule has 0 radical (unpaired) electrons. The van der Waals surface area contributed by atoms with Crippen LogP contribution >= 0.6 is 35.0 Å². The number of hydrogen-bond acceptors (Lipinski definition) is 3. The number of rotatable bonds is 4. The SMILES string of the molecule is CCCC1SCC(C(=O)O)N1C(=O)c1cc(Cl)c(Cl)[nH]1. The summed E-state index contributed by atoms with van der Waals surface area (Å²) < 4.78 is 0. The molecule has 1 aliphatic heterocycles. The van der Waals surface area contributed by atoms with Gasteiger partial charge in [-0.15, -0.1) is 11.8 Å². The quantitative estimate of drug-likeness (QED) is 0.885. The van der Waals surface area contributed by atoms with Crippen molar-refractivity contribution in [1.82, 2.24) is 9.88 Å². The first-order valence-electron chi connectivity index (χ1n) is 6.16. The molecule has 0 aromatic carbocycles. The van der Waals surface area contributed by atoms with E-state index >= 15 is 0 Å². The van der Waals surface area contributed by atoms with Gasteiger partial charge in [0, 0.05) is 5.75 Å². The van der Waals surface area contributed by atoms with Crippen molar-refractivity contribution < 1.29 is 14.7 Å². The van der Waals surface area contributed by atoms with Crippen molar-refractivity contribution in [3.8, 4) is 0 Å². The predicted octanol–water partition coefficient (Wildman–Crippen LogP) is 3.09. The Morgan fingerprint density at radius 1 is 1.55 bits per heavy atom. The Hall–Kier alpha value is -0.850. The highest BCUT2D eigenvalue weighted by Gasteiger charge is 2.41. The van der Waals surface area contributed by atoms with E-state index in [1.807, 2.05) is 6.92 Å². The Kier molecular flexibility index (Phi) is 4.88. The lowest BCUT2D eigenvalue weighted by Crippen LogP contribution is -2.45. The number of hydrogen-bond donors (Lipinski definition) is 2. The third-order valence-corrected chi connectivity index (χ3v) is 5.15. The molecule has 8 heteroatoms. The van der Waals surface area contributed by atoms with Gasteiger partial charge < -0.3 is 15.0 Å². The minimum Gasteiger partial charge on any atom is -0.480 e. The van der Waals surface area contributed by atoms with E-state index in [9.17, 15) is 14.7 Å². The molecule has 2 atom stereocenters. The van der Waals surface area contributed by atoms with Crippen LogP contribution in [-0.2, 0) is 4.79 Å². The molecule has 2 unspecified atom stereocenters. The van der Waals surface area contributed by atoms with Gasteiger partial charge in [-0.3, -0.25) is 4.79 Å². The fourth-order valence-electron chi connectivity index (χ4n) is 2.15. The van der Waals surface area contributed by atoms with E-state index in [0.29, 0.717) is 5.75 Å². The number of carboxylic acid groups (broad SMARTS) is 1. The molecule has 5 nitrogen and oxygen atoms in total. The van der Waals surface area contributed by atoms with E-state index in [2.05, 4.69) is 4.98 Å². The molecule has 110 valence electrons. The third kappa shape index (κ3) is 2.92. The van der Waals surface area contributed by atoms with Crippen LogP contribution in [0.25, 0.3) is 0 Å². The van der Waals surface area contributed by atoms with E-state index in [1.54, 1.807) is 0 Å². The minimum atomic E-state index is -0.992. The number of carbonyl (C=O) groups is 2. The third-order valence-electron chi connectivity index (χ3n) is 3.10. The molecular formula is C12H14Cl2N2O3S. The lowest BCUT2D eigenvalue weighted by Gasteiger charge is -2.26. The molecular weight excluding hydrogens is 323 g/mol. The Labute approximate surface area is 130 Å². The zero-order valence-electron chi connectivity index (χ0n) is 10.7. The molecule has 1 aliphatic rings. The summed E-state index contributed by atoms with van der Waals surface area (Å²) in [5.41, 5.74) is 0.217. The molecule has 0 saturated carbocycles. The largest absolute Gasteiger partial charge is 0.480 e. The summed E-state index contributed by atoms with van der Waals surface area (Å²) in [5, 5.41) is 9.56. The minimum absolute atomic E-state index is 0.130. The number of H-pyrrole nitrogens is 1. The van der Waals surface area contributed by atoms with E-state index < -0.39 is 12.0 Å². The zero-order chi connectivity index (χ0) is 14.9. The number of nitrogens with zero attached hydrogens (tertiary/aromatic N) is 1. The van der Waals surface area contributed by atoms with Gasteiger partial charge in [-0.25, -0.2) is 4.79 Å². The van der Waals surface area contributed by atoms with Gasteiger partial charge in [-0.1, -0.05) is 36.5 Å². The van der Waals surface area contributed by atoms with Crippen molar-refractivity contribution in [2.45, 2.75) is 31.2 Å². The van der Waals surface area contributed by atoms with Gasteiger partial charge in [0.1, 0.15) is 16.9 Å². The second-order valence-electron chi connectivity index (χ2n) is 4.49.